The quantitative estimate of drug-likeness (QED) is 0.381. The van der Waals surface area contributed by atoms with Crippen molar-refractivity contribution in [3.05, 3.63) is 25.3 Å². The molecular weight excluding hydrogens is 196 g/mol. The van der Waals surface area contributed by atoms with E-state index in [1.807, 2.05) is 0 Å². The Labute approximate surface area is 89.6 Å². The maximum absolute atomic E-state index is 11.3. The smallest absolute Gasteiger partial charge is 0.332 e. The zero-order valence-corrected chi connectivity index (χ0v) is 9.28. The minimum Gasteiger partial charge on any atom is -0.433 e. The van der Waals surface area contributed by atoms with Crippen LogP contribution < -0.4 is 0 Å². The number of rotatable bonds is 6. The fourth-order valence-electron chi connectivity index (χ4n) is 0.955. The first-order valence-corrected chi connectivity index (χ1v) is 4.51. The fourth-order valence-corrected chi connectivity index (χ4v) is 0.955. The van der Waals surface area contributed by atoms with Crippen molar-refractivity contribution in [3.8, 4) is 0 Å². The van der Waals surface area contributed by atoms with Crippen LogP contribution in [0.1, 0.15) is 20.8 Å². The molecule has 0 saturated heterocycles. The maximum atomic E-state index is 11.3. The van der Waals surface area contributed by atoms with Gasteiger partial charge in [-0.15, -0.1) is 0 Å². The molecule has 0 aliphatic carbocycles. The zero-order chi connectivity index (χ0) is 12.1. The summed E-state index contributed by atoms with van der Waals surface area (Å²) in [5.74, 6) is -0.867. The summed E-state index contributed by atoms with van der Waals surface area (Å²) in [5.41, 5.74) is -1.05. The summed E-state index contributed by atoms with van der Waals surface area (Å²) in [6.07, 6.45) is 1.39. The molecule has 0 N–H and O–H groups in total. The van der Waals surface area contributed by atoms with Crippen LogP contribution in [0, 0.1) is 0 Å². The molecule has 0 bridgehead atoms. The van der Waals surface area contributed by atoms with Gasteiger partial charge in [-0.3, -0.25) is 4.79 Å². The second-order valence-electron chi connectivity index (χ2n) is 3.41. The summed E-state index contributed by atoms with van der Waals surface area (Å²) in [6.45, 7) is 11.3. The molecule has 0 radical (unpaired) electrons. The first-order chi connectivity index (χ1) is 6.83. The van der Waals surface area contributed by atoms with Gasteiger partial charge in [0.1, 0.15) is 5.60 Å². The predicted octanol–water partition coefficient (Wildman–Crippen LogP) is 1.61. The Bertz CT molecular complexity index is 278. The van der Waals surface area contributed by atoms with E-state index in [0.29, 0.717) is 0 Å². The highest BCUT2D eigenvalue weighted by Gasteiger charge is 2.29. The largest absolute Gasteiger partial charge is 0.433 e. The first-order valence-electron chi connectivity index (χ1n) is 4.51. The molecule has 0 saturated carbocycles. The van der Waals surface area contributed by atoms with Gasteiger partial charge in [-0.1, -0.05) is 13.2 Å². The van der Waals surface area contributed by atoms with E-state index in [0.717, 1.165) is 6.08 Å². The number of carbonyl (C=O) groups is 2. The number of esters is 1. The molecule has 0 rings (SSSR count). The van der Waals surface area contributed by atoms with Crippen LogP contribution in [-0.4, -0.2) is 23.6 Å². The lowest BCUT2D eigenvalue weighted by Gasteiger charge is -2.25. The van der Waals surface area contributed by atoms with E-state index >= 15 is 0 Å². The molecule has 0 aromatic heterocycles. The number of carbonyl (C=O) groups excluding carboxylic acids is 2. The average Bonchev–Trinajstić information content (AvgIpc) is 2.15. The van der Waals surface area contributed by atoms with Crippen molar-refractivity contribution in [1.29, 1.82) is 0 Å². The third kappa shape index (κ3) is 4.56. The molecule has 0 aliphatic heterocycles. The van der Waals surface area contributed by atoms with Crippen molar-refractivity contribution in [2.45, 2.75) is 32.7 Å². The molecule has 0 amide bonds. The SMILES string of the molecule is C=CC(=O)OC(C)OC(C)(C)C(=O)C=C. The minimum atomic E-state index is -1.05. The Balaban J connectivity index is 4.33. The summed E-state index contributed by atoms with van der Waals surface area (Å²) < 4.78 is 10.0. The Morgan fingerprint density at radius 3 is 2.20 bits per heavy atom. The van der Waals surface area contributed by atoms with E-state index < -0.39 is 17.9 Å². The van der Waals surface area contributed by atoms with Gasteiger partial charge in [-0.05, 0) is 26.8 Å². The zero-order valence-electron chi connectivity index (χ0n) is 9.28. The van der Waals surface area contributed by atoms with Gasteiger partial charge in [0.2, 0.25) is 6.29 Å². The second kappa shape index (κ2) is 5.46. The molecule has 0 aromatic rings. The van der Waals surface area contributed by atoms with Crippen LogP contribution in [0.3, 0.4) is 0 Å². The lowest BCUT2D eigenvalue weighted by molar-refractivity contribution is -0.196. The van der Waals surface area contributed by atoms with Gasteiger partial charge < -0.3 is 9.47 Å². The van der Waals surface area contributed by atoms with Crippen molar-refractivity contribution in [2.75, 3.05) is 0 Å². The van der Waals surface area contributed by atoms with Crippen LogP contribution in [0.25, 0.3) is 0 Å². The molecule has 0 aromatic carbocycles. The fraction of sp³-hybridized carbons (Fsp3) is 0.455. The highest BCUT2D eigenvalue weighted by molar-refractivity contribution is 5.95. The molecule has 0 fully saturated rings. The molecule has 0 aliphatic rings. The van der Waals surface area contributed by atoms with E-state index in [9.17, 15) is 9.59 Å². The van der Waals surface area contributed by atoms with E-state index in [1.165, 1.54) is 13.0 Å². The van der Waals surface area contributed by atoms with Gasteiger partial charge in [0.15, 0.2) is 5.78 Å². The topological polar surface area (TPSA) is 52.6 Å². The van der Waals surface area contributed by atoms with E-state index in [1.54, 1.807) is 13.8 Å². The van der Waals surface area contributed by atoms with Crippen LogP contribution in [0.5, 0.6) is 0 Å². The monoisotopic (exact) mass is 212 g/mol. The van der Waals surface area contributed by atoms with Crippen LogP contribution in [0.4, 0.5) is 0 Å². The highest BCUT2D eigenvalue weighted by Crippen LogP contribution is 2.15. The standard InChI is InChI=1S/C11H16O4/c1-6-9(12)11(4,5)15-8(3)14-10(13)7-2/h6-8H,1-2H2,3-5H3. The van der Waals surface area contributed by atoms with Gasteiger partial charge in [-0.2, -0.15) is 0 Å². The number of hydrogen-bond donors (Lipinski definition) is 0. The van der Waals surface area contributed by atoms with Crippen LogP contribution in [-0.2, 0) is 19.1 Å². The molecule has 84 valence electrons. The molecule has 4 nitrogen and oxygen atoms in total. The average molecular weight is 212 g/mol. The summed E-state index contributed by atoms with van der Waals surface area (Å²) in [7, 11) is 0. The summed E-state index contributed by atoms with van der Waals surface area (Å²) in [6, 6.07) is 0. The second-order valence-corrected chi connectivity index (χ2v) is 3.41. The van der Waals surface area contributed by atoms with Gasteiger partial charge in [0.25, 0.3) is 0 Å². The van der Waals surface area contributed by atoms with Crippen LogP contribution in [0.2, 0.25) is 0 Å². The number of ether oxygens (including phenoxy) is 2. The molecule has 1 atom stereocenters. The first kappa shape index (κ1) is 13.6. The van der Waals surface area contributed by atoms with Crippen molar-refractivity contribution in [2.24, 2.45) is 0 Å². The highest BCUT2D eigenvalue weighted by atomic mass is 16.7. The summed E-state index contributed by atoms with van der Waals surface area (Å²) in [5, 5.41) is 0. The van der Waals surface area contributed by atoms with Crippen LogP contribution in [0.15, 0.2) is 25.3 Å². The van der Waals surface area contributed by atoms with Crippen molar-refractivity contribution in [3.63, 3.8) is 0 Å². The molecule has 0 heterocycles. The number of ketones is 1. The molecule has 0 spiro atoms. The predicted molar refractivity (Wildman–Crippen MR) is 56.1 cm³/mol. The van der Waals surface area contributed by atoms with Crippen LogP contribution >= 0.6 is 0 Å². The lowest BCUT2D eigenvalue weighted by Crippen LogP contribution is -2.38. The Kier molecular flexibility index (Phi) is 4.94. The third-order valence-corrected chi connectivity index (χ3v) is 1.69. The summed E-state index contributed by atoms with van der Waals surface area (Å²) in [4.78, 5) is 22.1. The normalized spacial score (nSPS) is 12.7. The van der Waals surface area contributed by atoms with Crippen molar-refractivity contribution in [1.82, 2.24) is 0 Å². The van der Waals surface area contributed by atoms with E-state index in [2.05, 4.69) is 13.2 Å². The van der Waals surface area contributed by atoms with Gasteiger partial charge in [-0.25, -0.2) is 4.79 Å². The minimum absolute atomic E-state index is 0.274. The molecule has 1 unspecified atom stereocenters. The summed E-state index contributed by atoms with van der Waals surface area (Å²) >= 11 is 0. The third-order valence-electron chi connectivity index (χ3n) is 1.69. The number of hydrogen-bond acceptors (Lipinski definition) is 4. The van der Waals surface area contributed by atoms with Gasteiger partial charge >= 0.3 is 5.97 Å². The Hall–Kier alpha value is -1.42. The Morgan fingerprint density at radius 1 is 1.27 bits per heavy atom. The van der Waals surface area contributed by atoms with E-state index in [-0.39, 0.29) is 5.78 Å². The van der Waals surface area contributed by atoms with Crippen molar-refractivity contribution < 1.29 is 19.1 Å². The molecular formula is C11H16O4. The van der Waals surface area contributed by atoms with Gasteiger partial charge in [0.05, 0.1) is 0 Å². The van der Waals surface area contributed by atoms with E-state index in [4.69, 9.17) is 9.47 Å². The van der Waals surface area contributed by atoms with Crippen molar-refractivity contribution >= 4 is 11.8 Å². The maximum Gasteiger partial charge on any atom is 0.332 e. The Morgan fingerprint density at radius 2 is 1.80 bits per heavy atom. The van der Waals surface area contributed by atoms with Gasteiger partial charge in [0, 0.05) is 6.08 Å². The lowest BCUT2D eigenvalue weighted by atomic mass is 10.0. The molecule has 4 heteroatoms. The molecule has 15 heavy (non-hydrogen) atoms.